The zero-order valence-corrected chi connectivity index (χ0v) is 15.5. The summed E-state index contributed by atoms with van der Waals surface area (Å²) in [6.45, 7) is 2.26. The predicted octanol–water partition coefficient (Wildman–Crippen LogP) is 2.74. The number of aliphatic imine (C=N–C) groups is 1. The van der Waals surface area contributed by atoms with Crippen LogP contribution in [0.2, 0.25) is 0 Å². The fraction of sp³-hybridized carbons (Fsp3) is 0.353. The lowest BCUT2D eigenvalue weighted by atomic mass is 10.1. The van der Waals surface area contributed by atoms with E-state index in [-0.39, 0.29) is 24.0 Å². The van der Waals surface area contributed by atoms with E-state index in [1.54, 1.807) is 13.3 Å². The second kappa shape index (κ2) is 8.81. The summed E-state index contributed by atoms with van der Waals surface area (Å²) in [7, 11) is 1.77. The van der Waals surface area contributed by atoms with Crippen molar-refractivity contribution >= 4 is 29.9 Å². The highest BCUT2D eigenvalue weighted by Crippen LogP contribution is 2.25. The van der Waals surface area contributed by atoms with Crippen LogP contribution in [0.25, 0.3) is 0 Å². The molecule has 2 heterocycles. The van der Waals surface area contributed by atoms with E-state index >= 15 is 0 Å². The fourth-order valence-electron chi connectivity index (χ4n) is 2.53. The maximum absolute atomic E-state index is 5.53. The second-order valence-electron chi connectivity index (χ2n) is 5.22. The summed E-state index contributed by atoms with van der Waals surface area (Å²) in [5, 5.41) is 6.54. The van der Waals surface area contributed by atoms with E-state index in [0.29, 0.717) is 6.54 Å². The molecule has 23 heavy (non-hydrogen) atoms. The first-order valence-corrected chi connectivity index (χ1v) is 7.56. The van der Waals surface area contributed by atoms with Crippen molar-refractivity contribution in [3.05, 3.63) is 53.5 Å². The molecule has 124 valence electrons. The molecule has 1 aromatic heterocycles. The Bertz CT molecular complexity index is 641. The van der Waals surface area contributed by atoms with Crippen molar-refractivity contribution in [2.75, 3.05) is 20.2 Å². The lowest BCUT2D eigenvalue weighted by molar-refractivity contribution is 0.357. The van der Waals surface area contributed by atoms with Crippen LogP contribution in [0.3, 0.4) is 0 Å². The Morgan fingerprint density at radius 2 is 2.17 bits per heavy atom. The van der Waals surface area contributed by atoms with Crippen molar-refractivity contribution in [3.8, 4) is 5.75 Å². The minimum absolute atomic E-state index is 0. The monoisotopic (exact) mass is 427 g/mol. The minimum Gasteiger partial charge on any atom is -0.493 e. The number of hydrogen-bond donors (Lipinski definition) is 2. The summed E-state index contributed by atoms with van der Waals surface area (Å²) in [6, 6.07) is 10.3. The summed E-state index contributed by atoms with van der Waals surface area (Å²) in [6.07, 6.45) is 3.64. The molecule has 0 saturated heterocycles. The Balaban J connectivity index is 0.00000192. The summed E-state index contributed by atoms with van der Waals surface area (Å²) < 4.78 is 10.8. The van der Waals surface area contributed by atoms with Gasteiger partial charge in [0.2, 0.25) is 0 Å². The number of ether oxygens (including phenoxy) is 1. The predicted molar refractivity (Wildman–Crippen MR) is 102 cm³/mol. The van der Waals surface area contributed by atoms with Gasteiger partial charge in [-0.1, -0.05) is 12.1 Å². The zero-order valence-electron chi connectivity index (χ0n) is 13.2. The molecule has 2 aromatic rings. The van der Waals surface area contributed by atoms with E-state index in [1.807, 2.05) is 12.1 Å². The van der Waals surface area contributed by atoms with Crippen molar-refractivity contribution in [3.63, 3.8) is 0 Å². The highest BCUT2D eigenvalue weighted by Gasteiger charge is 2.11. The average molecular weight is 427 g/mol. The Kier molecular flexibility index (Phi) is 6.76. The van der Waals surface area contributed by atoms with E-state index in [0.717, 1.165) is 43.5 Å². The molecule has 5 nitrogen and oxygen atoms in total. The second-order valence-corrected chi connectivity index (χ2v) is 5.22. The first-order valence-electron chi connectivity index (χ1n) is 7.56. The van der Waals surface area contributed by atoms with Gasteiger partial charge in [0, 0.05) is 20.0 Å². The number of guanidine groups is 1. The summed E-state index contributed by atoms with van der Waals surface area (Å²) in [4.78, 5) is 4.21. The van der Waals surface area contributed by atoms with Crippen molar-refractivity contribution in [2.45, 2.75) is 19.4 Å². The molecule has 0 fully saturated rings. The molecular formula is C17H22IN3O2. The molecule has 6 heteroatoms. The number of rotatable bonds is 5. The smallest absolute Gasteiger partial charge is 0.191 e. The van der Waals surface area contributed by atoms with Crippen LogP contribution in [0.15, 0.2) is 46.0 Å². The molecule has 0 radical (unpaired) electrons. The molecule has 0 unspecified atom stereocenters. The van der Waals surface area contributed by atoms with Gasteiger partial charge in [-0.2, -0.15) is 0 Å². The third kappa shape index (κ3) is 4.89. The topological polar surface area (TPSA) is 58.8 Å². The Morgan fingerprint density at radius 1 is 1.26 bits per heavy atom. The van der Waals surface area contributed by atoms with Gasteiger partial charge in [-0.15, -0.1) is 24.0 Å². The first-order chi connectivity index (χ1) is 10.8. The molecule has 0 amide bonds. The maximum atomic E-state index is 5.53. The van der Waals surface area contributed by atoms with Crippen molar-refractivity contribution in [1.82, 2.24) is 10.6 Å². The normalized spacial score (nSPS) is 13.0. The number of halogens is 1. The Morgan fingerprint density at radius 3 is 2.96 bits per heavy atom. The number of hydrogen-bond acceptors (Lipinski definition) is 3. The number of nitrogens with one attached hydrogen (secondary N) is 2. The molecule has 0 aliphatic carbocycles. The first kappa shape index (κ1) is 17.7. The minimum atomic E-state index is 0. The number of furan rings is 1. The van der Waals surface area contributed by atoms with Gasteiger partial charge in [-0.3, -0.25) is 4.99 Å². The molecule has 1 aliphatic heterocycles. The van der Waals surface area contributed by atoms with Crippen LogP contribution >= 0.6 is 24.0 Å². The number of fused-ring (bicyclic) bond motifs is 1. The molecule has 0 saturated carbocycles. The highest BCUT2D eigenvalue weighted by molar-refractivity contribution is 14.0. The van der Waals surface area contributed by atoms with Crippen LogP contribution in [-0.2, 0) is 19.4 Å². The molecule has 0 bridgehead atoms. The van der Waals surface area contributed by atoms with E-state index in [4.69, 9.17) is 9.15 Å². The standard InChI is InChI=1S/C17H21N3O2.HI/c1-18-17(20-12-15-3-2-9-21-15)19-8-6-13-4-5-16-14(11-13)7-10-22-16;/h2-5,9,11H,6-8,10,12H2,1H3,(H2,18,19,20);1H. The molecule has 2 N–H and O–H groups in total. The Labute approximate surface area is 153 Å². The fourth-order valence-corrected chi connectivity index (χ4v) is 2.53. The van der Waals surface area contributed by atoms with Crippen molar-refractivity contribution < 1.29 is 9.15 Å². The van der Waals surface area contributed by atoms with E-state index in [1.165, 1.54) is 11.1 Å². The van der Waals surface area contributed by atoms with Crippen LogP contribution < -0.4 is 15.4 Å². The van der Waals surface area contributed by atoms with E-state index < -0.39 is 0 Å². The van der Waals surface area contributed by atoms with Gasteiger partial charge in [-0.25, -0.2) is 0 Å². The van der Waals surface area contributed by atoms with Crippen LogP contribution in [0.5, 0.6) is 5.75 Å². The zero-order chi connectivity index (χ0) is 15.2. The van der Waals surface area contributed by atoms with Crippen molar-refractivity contribution in [1.29, 1.82) is 0 Å². The molecule has 1 aliphatic rings. The van der Waals surface area contributed by atoms with Gasteiger partial charge >= 0.3 is 0 Å². The largest absolute Gasteiger partial charge is 0.493 e. The van der Waals surface area contributed by atoms with Gasteiger partial charge in [0.25, 0.3) is 0 Å². The lowest BCUT2D eigenvalue weighted by Crippen LogP contribution is -2.37. The molecule has 0 spiro atoms. The highest BCUT2D eigenvalue weighted by atomic mass is 127. The Hall–Kier alpha value is -1.70. The van der Waals surface area contributed by atoms with Crippen LogP contribution in [0, 0.1) is 0 Å². The maximum Gasteiger partial charge on any atom is 0.191 e. The molecule has 3 rings (SSSR count). The van der Waals surface area contributed by atoms with Gasteiger partial charge in [0.1, 0.15) is 11.5 Å². The SMILES string of the molecule is CN=C(NCCc1ccc2c(c1)CCO2)NCc1ccco1.I. The van der Waals surface area contributed by atoms with Gasteiger partial charge < -0.3 is 19.8 Å². The van der Waals surface area contributed by atoms with Gasteiger partial charge in [0.15, 0.2) is 5.96 Å². The van der Waals surface area contributed by atoms with Crippen molar-refractivity contribution in [2.24, 2.45) is 4.99 Å². The summed E-state index contributed by atoms with van der Waals surface area (Å²) >= 11 is 0. The van der Waals surface area contributed by atoms with Crippen LogP contribution in [-0.4, -0.2) is 26.2 Å². The molecular weight excluding hydrogens is 405 g/mol. The van der Waals surface area contributed by atoms with E-state index in [2.05, 4.69) is 33.8 Å². The van der Waals surface area contributed by atoms with Crippen LogP contribution in [0.4, 0.5) is 0 Å². The third-order valence-electron chi connectivity index (χ3n) is 3.69. The van der Waals surface area contributed by atoms with Gasteiger partial charge in [-0.05, 0) is 35.7 Å². The lowest BCUT2D eigenvalue weighted by Gasteiger charge is -2.11. The summed E-state index contributed by atoms with van der Waals surface area (Å²) in [5.41, 5.74) is 2.64. The average Bonchev–Trinajstić information content (AvgIpc) is 3.21. The van der Waals surface area contributed by atoms with E-state index in [9.17, 15) is 0 Å². The number of benzene rings is 1. The third-order valence-corrected chi connectivity index (χ3v) is 3.69. The number of nitrogens with zero attached hydrogens (tertiary/aromatic N) is 1. The molecule has 1 aromatic carbocycles. The van der Waals surface area contributed by atoms with Gasteiger partial charge in [0.05, 0.1) is 19.4 Å². The summed E-state index contributed by atoms with van der Waals surface area (Å²) in [5.74, 6) is 2.70. The van der Waals surface area contributed by atoms with Crippen LogP contribution in [0.1, 0.15) is 16.9 Å². The quantitative estimate of drug-likeness (QED) is 0.438. The molecule has 0 atom stereocenters.